The minimum atomic E-state index is -4.45. The molecule has 0 spiro atoms. The van der Waals surface area contributed by atoms with Crippen LogP contribution in [0.2, 0.25) is 5.02 Å². The van der Waals surface area contributed by atoms with Gasteiger partial charge in [-0.2, -0.15) is 23.4 Å². The zero-order chi connectivity index (χ0) is 19.8. The van der Waals surface area contributed by atoms with Gasteiger partial charge in [-0.05, 0) is 39.2 Å². The summed E-state index contributed by atoms with van der Waals surface area (Å²) in [7, 11) is 0. The molecule has 0 aromatic carbocycles. The average molecular weight is 404 g/mol. The van der Waals surface area contributed by atoms with Crippen LogP contribution in [0.15, 0.2) is 18.5 Å². The number of nitrogens with zero attached hydrogens (tertiary/aromatic N) is 4. The summed E-state index contributed by atoms with van der Waals surface area (Å²) in [4.78, 5) is 12.4. The van der Waals surface area contributed by atoms with Gasteiger partial charge >= 0.3 is 6.18 Å². The van der Waals surface area contributed by atoms with Crippen LogP contribution in [-0.2, 0) is 23.1 Å². The number of nitrogens with one attached hydrogen (secondary N) is 1. The largest absolute Gasteiger partial charge is 0.435 e. The van der Waals surface area contributed by atoms with Crippen molar-refractivity contribution >= 4 is 17.5 Å². The van der Waals surface area contributed by atoms with Gasteiger partial charge in [0.25, 0.3) is 0 Å². The Morgan fingerprint density at radius 2 is 2.07 bits per heavy atom. The summed E-state index contributed by atoms with van der Waals surface area (Å²) in [5.41, 5.74) is -1.16. The van der Waals surface area contributed by atoms with E-state index in [1.807, 2.05) is 0 Å². The molecule has 0 bridgehead atoms. The molecular formula is C17H21ClF3N5O. The van der Waals surface area contributed by atoms with Crippen molar-refractivity contribution in [3.05, 3.63) is 34.9 Å². The van der Waals surface area contributed by atoms with Gasteiger partial charge in [0.1, 0.15) is 5.54 Å². The van der Waals surface area contributed by atoms with Crippen LogP contribution in [0.5, 0.6) is 0 Å². The molecule has 1 fully saturated rings. The fraction of sp³-hybridized carbons (Fsp3) is 0.588. The maximum Gasteiger partial charge on any atom is 0.435 e. The quantitative estimate of drug-likeness (QED) is 0.719. The first-order chi connectivity index (χ1) is 12.6. The van der Waals surface area contributed by atoms with Gasteiger partial charge in [-0.25, -0.2) is 0 Å². The van der Waals surface area contributed by atoms with Crippen LogP contribution < -0.4 is 5.32 Å². The van der Waals surface area contributed by atoms with Crippen molar-refractivity contribution in [2.45, 2.75) is 57.3 Å². The third kappa shape index (κ3) is 4.45. The molecule has 0 aliphatic heterocycles. The number of hydrogen-bond donors (Lipinski definition) is 1. The second-order valence-corrected chi connectivity index (χ2v) is 7.66. The van der Waals surface area contributed by atoms with Crippen LogP contribution in [-0.4, -0.2) is 32.0 Å². The Kier molecular flexibility index (Phi) is 5.24. The van der Waals surface area contributed by atoms with Crippen molar-refractivity contribution in [2.24, 2.45) is 0 Å². The van der Waals surface area contributed by atoms with E-state index in [0.717, 1.165) is 18.9 Å². The Hall–Kier alpha value is -2.03. The topological polar surface area (TPSA) is 64.7 Å². The Morgan fingerprint density at radius 3 is 2.63 bits per heavy atom. The summed E-state index contributed by atoms with van der Waals surface area (Å²) < 4.78 is 41.6. The van der Waals surface area contributed by atoms with Gasteiger partial charge in [-0.1, -0.05) is 11.6 Å². The van der Waals surface area contributed by atoms with Gasteiger partial charge in [0, 0.05) is 30.9 Å². The van der Waals surface area contributed by atoms with E-state index in [-0.39, 0.29) is 11.8 Å². The normalized spacial score (nSPS) is 15.2. The third-order valence-corrected chi connectivity index (χ3v) is 4.80. The SMILES string of the molecule is CC(C)(C(=O)NCCCn1nc(C(F)(F)F)cc1C1CC1)n1cc(Cl)cn1. The molecule has 6 nitrogen and oxygen atoms in total. The number of halogens is 4. The van der Waals surface area contributed by atoms with E-state index in [1.54, 1.807) is 20.0 Å². The summed E-state index contributed by atoms with van der Waals surface area (Å²) >= 11 is 5.84. The lowest BCUT2D eigenvalue weighted by atomic mass is 10.1. The number of hydrogen-bond acceptors (Lipinski definition) is 3. The lowest BCUT2D eigenvalue weighted by Crippen LogP contribution is -2.45. The highest BCUT2D eigenvalue weighted by atomic mass is 35.5. The van der Waals surface area contributed by atoms with Crippen molar-refractivity contribution in [1.82, 2.24) is 24.9 Å². The van der Waals surface area contributed by atoms with Crippen molar-refractivity contribution < 1.29 is 18.0 Å². The van der Waals surface area contributed by atoms with Crippen LogP contribution in [0.4, 0.5) is 13.2 Å². The molecule has 1 saturated carbocycles. The van der Waals surface area contributed by atoms with E-state index in [2.05, 4.69) is 15.5 Å². The van der Waals surface area contributed by atoms with Crippen molar-refractivity contribution in [3.63, 3.8) is 0 Å². The molecule has 27 heavy (non-hydrogen) atoms. The summed E-state index contributed by atoms with van der Waals surface area (Å²) in [5, 5.41) is 11.0. The molecule has 1 aliphatic carbocycles. The molecule has 10 heteroatoms. The van der Waals surface area contributed by atoms with Crippen molar-refractivity contribution in [3.8, 4) is 0 Å². The summed E-state index contributed by atoms with van der Waals surface area (Å²) in [5.74, 6) is -0.0900. The van der Waals surface area contributed by atoms with Gasteiger partial charge in [-0.15, -0.1) is 0 Å². The molecule has 0 unspecified atom stereocenters. The number of carbonyl (C=O) groups excluding carboxylic acids is 1. The Bertz CT molecular complexity index is 823. The number of carbonyl (C=O) groups is 1. The number of alkyl halides is 3. The second-order valence-electron chi connectivity index (χ2n) is 7.22. The van der Waals surface area contributed by atoms with Crippen LogP contribution in [0.1, 0.15) is 50.4 Å². The maximum atomic E-state index is 12.9. The fourth-order valence-corrected chi connectivity index (χ4v) is 2.95. The molecule has 2 heterocycles. The molecule has 1 amide bonds. The van der Waals surface area contributed by atoms with E-state index >= 15 is 0 Å². The molecule has 0 atom stereocenters. The van der Waals surface area contributed by atoms with E-state index in [4.69, 9.17) is 11.6 Å². The minimum Gasteiger partial charge on any atom is -0.354 e. The van der Waals surface area contributed by atoms with Crippen LogP contribution >= 0.6 is 11.6 Å². The molecule has 1 N–H and O–H groups in total. The summed E-state index contributed by atoms with van der Waals surface area (Å²) in [6.45, 7) is 4.05. The molecule has 3 rings (SSSR count). The first-order valence-electron chi connectivity index (χ1n) is 8.73. The van der Waals surface area contributed by atoms with Crippen LogP contribution in [0.25, 0.3) is 0 Å². The monoisotopic (exact) mass is 403 g/mol. The molecule has 2 aromatic heterocycles. The first kappa shape index (κ1) is 19.7. The third-order valence-electron chi connectivity index (χ3n) is 4.61. The molecule has 148 valence electrons. The van der Waals surface area contributed by atoms with E-state index in [1.165, 1.54) is 15.6 Å². The van der Waals surface area contributed by atoms with Crippen molar-refractivity contribution in [1.29, 1.82) is 0 Å². The highest BCUT2D eigenvalue weighted by Crippen LogP contribution is 2.42. The van der Waals surface area contributed by atoms with E-state index in [0.29, 0.717) is 30.2 Å². The lowest BCUT2D eigenvalue weighted by molar-refractivity contribution is -0.141. The second kappa shape index (κ2) is 7.18. The number of aryl methyl sites for hydroxylation is 1. The van der Waals surface area contributed by atoms with Gasteiger partial charge in [0.05, 0.1) is 11.2 Å². The first-order valence-corrected chi connectivity index (χ1v) is 9.10. The Balaban J connectivity index is 1.56. The van der Waals surface area contributed by atoms with E-state index in [9.17, 15) is 18.0 Å². The molecule has 0 radical (unpaired) electrons. The average Bonchev–Trinajstić information content (AvgIpc) is 3.16. The zero-order valence-corrected chi connectivity index (χ0v) is 15.8. The highest BCUT2D eigenvalue weighted by Gasteiger charge is 2.37. The summed E-state index contributed by atoms with van der Waals surface area (Å²) in [6.07, 6.45) is 0.816. The Labute approximate surface area is 159 Å². The Morgan fingerprint density at radius 1 is 1.37 bits per heavy atom. The van der Waals surface area contributed by atoms with Crippen LogP contribution in [0.3, 0.4) is 0 Å². The fourth-order valence-electron chi connectivity index (χ4n) is 2.81. The lowest BCUT2D eigenvalue weighted by Gasteiger charge is -2.24. The number of amides is 1. The zero-order valence-electron chi connectivity index (χ0n) is 15.1. The molecule has 0 saturated heterocycles. The number of rotatable bonds is 7. The number of aromatic nitrogens is 4. The van der Waals surface area contributed by atoms with Gasteiger partial charge in [0.2, 0.25) is 5.91 Å². The van der Waals surface area contributed by atoms with Crippen LogP contribution in [0, 0.1) is 0 Å². The predicted molar refractivity (Wildman–Crippen MR) is 93.4 cm³/mol. The van der Waals surface area contributed by atoms with Crippen molar-refractivity contribution in [2.75, 3.05) is 6.54 Å². The smallest absolute Gasteiger partial charge is 0.354 e. The van der Waals surface area contributed by atoms with Gasteiger partial charge in [-0.3, -0.25) is 14.2 Å². The molecule has 2 aromatic rings. The maximum absolute atomic E-state index is 12.9. The predicted octanol–water partition coefficient (Wildman–Crippen LogP) is 3.57. The van der Waals surface area contributed by atoms with Gasteiger partial charge < -0.3 is 5.32 Å². The molecular weight excluding hydrogens is 383 g/mol. The van der Waals surface area contributed by atoms with E-state index < -0.39 is 17.4 Å². The van der Waals surface area contributed by atoms with Gasteiger partial charge in [0.15, 0.2) is 5.69 Å². The highest BCUT2D eigenvalue weighted by molar-refractivity contribution is 6.30. The standard InChI is InChI=1S/C17H21ClF3N5O/c1-16(2,26-10-12(18)9-23-26)15(27)22-6-3-7-25-13(11-4-5-11)8-14(24-25)17(19,20)21/h8-11H,3-7H2,1-2H3,(H,22,27). The molecule has 1 aliphatic rings. The minimum absolute atomic E-state index is 0.159. The summed E-state index contributed by atoms with van der Waals surface area (Å²) in [6, 6.07) is 1.14.